The number of thiophene rings is 1. The predicted octanol–water partition coefficient (Wildman–Crippen LogP) is 3.08. The van der Waals surface area contributed by atoms with E-state index >= 15 is 0 Å². The van der Waals surface area contributed by atoms with Crippen LogP contribution in [-0.4, -0.2) is 29.1 Å². The van der Waals surface area contributed by atoms with Crippen LogP contribution >= 0.6 is 23.6 Å². The van der Waals surface area contributed by atoms with E-state index in [1.54, 1.807) is 11.3 Å². The van der Waals surface area contributed by atoms with Crippen molar-refractivity contribution in [1.82, 2.24) is 9.55 Å². The average Bonchev–Trinajstić information content (AvgIpc) is 2.87. The van der Waals surface area contributed by atoms with Crippen LogP contribution in [0.2, 0.25) is 0 Å². The number of hydrogen-bond donors (Lipinski definition) is 1. The summed E-state index contributed by atoms with van der Waals surface area (Å²) < 4.78 is 12.9. The van der Waals surface area contributed by atoms with E-state index in [0.29, 0.717) is 29.9 Å². The lowest BCUT2D eigenvalue weighted by Crippen LogP contribution is -2.31. The van der Waals surface area contributed by atoms with Gasteiger partial charge >= 0.3 is 0 Å². The minimum atomic E-state index is -0.463. The van der Waals surface area contributed by atoms with Crippen molar-refractivity contribution < 1.29 is 9.47 Å². The van der Waals surface area contributed by atoms with Crippen LogP contribution in [0.3, 0.4) is 0 Å². The molecule has 0 aliphatic carbocycles. The third kappa shape index (κ3) is 3.60. The van der Waals surface area contributed by atoms with Gasteiger partial charge in [0, 0.05) is 18.1 Å². The Bertz CT molecular complexity index is 711. The molecule has 0 spiro atoms. The van der Waals surface area contributed by atoms with E-state index in [4.69, 9.17) is 21.7 Å². The van der Waals surface area contributed by atoms with Crippen LogP contribution in [0.1, 0.15) is 25.6 Å². The quantitative estimate of drug-likeness (QED) is 0.627. The first kappa shape index (κ1) is 16.4. The van der Waals surface area contributed by atoms with Gasteiger partial charge in [0.2, 0.25) is 0 Å². The van der Waals surface area contributed by atoms with Gasteiger partial charge in [-0.25, -0.2) is 0 Å². The highest BCUT2D eigenvalue weighted by molar-refractivity contribution is 7.71. The number of rotatable bonds is 7. The number of aromatic nitrogens is 2. The molecular formula is C14H20N2O3S2. The van der Waals surface area contributed by atoms with E-state index in [0.717, 1.165) is 16.1 Å². The van der Waals surface area contributed by atoms with Crippen LogP contribution in [0.15, 0.2) is 10.9 Å². The summed E-state index contributed by atoms with van der Waals surface area (Å²) in [4.78, 5) is 17.7. The fraction of sp³-hybridized carbons (Fsp3) is 0.571. The molecule has 0 saturated heterocycles. The minimum absolute atomic E-state index is 0.0888. The number of ether oxygens (including phenoxy) is 2. The first-order valence-corrected chi connectivity index (χ1v) is 8.31. The zero-order valence-electron chi connectivity index (χ0n) is 12.5. The summed E-state index contributed by atoms with van der Waals surface area (Å²) in [6.45, 7) is 7.20. The maximum atomic E-state index is 12.6. The minimum Gasteiger partial charge on any atom is -0.351 e. The zero-order chi connectivity index (χ0) is 15.4. The van der Waals surface area contributed by atoms with Crippen molar-refractivity contribution in [2.75, 3.05) is 13.2 Å². The molecule has 21 heavy (non-hydrogen) atoms. The van der Waals surface area contributed by atoms with E-state index in [9.17, 15) is 4.79 Å². The Morgan fingerprint density at radius 1 is 1.33 bits per heavy atom. The summed E-state index contributed by atoms with van der Waals surface area (Å²) in [6.07, 6.45) is 0.439. The molecule has 0 unspecified atom stereocenters. The fourth-order valence-corrected chi connectivity index (χ4v) is 3.42. The molecule has 0 amide bonds. The van der Waals surface area contributed by atoms with E-state index < -0.39 is 6.29 Å². The molecule has 2 aromatic heterocycles. The maximum absolute atomic E-state index is 12.6. The SMILES string of the molecule is CCOC(Cn1c(=S)[nH]c2sc(CC)cc2c1=O)OCC. The summed E-state index contributed by atoms with van der Waals surface area (Å²) in [5.41, 5.74) is -0.0888. The van der Waals surface area contributed by atoms with E-state index in [1.807, 2.05) is 19.9 Å². The van der Waals surface area contributed by atoms with E-state index in [1.165, 1.54) is 4.57 Å². The first-order chi connectivity index (χ1) is 10.1. The van der Waals surface area contributed by atoms with Crippen LogP contribution < -0.4 is 5.56 Å². The molecule has 116 valence electrons. The number of nitrogens with zero attached hydrogens (tertiary/aromatic N) is 1. The normalized spacial score (nSPS) is 11.6. The highest BCUT2D eigenvalue weighted by atomic mass is 32.1. The number of aryl methyl sites for hydroxylation is 1. The van der Waals surface area contributed by atoms with Gasteiger partial charge in [0.05, 0.1) is 11.9 Å². The Morgan fingerprint density at radius 2 is 2.00 bits per heavy atom. The second-order valence-corrected chi connectivity index (χ2v) is 6.02. The van der Waals surface area contributed by atoms with Crippen molar-refractivity contribution in [3.05, 3.63) is 26.1 Å². The molecule has 0 atom stereocenters. The molecule has 2 aromatic rings. The molecule has 0 aliphatic heterocycles. The lowest BCUT2D eigenvalue weighted by atomic mass is 10.3. The highest BCUT2D eigenvalue weighted by Crippen LogP contribution is 2.21. The fourth-order valence-electron chi connectivity index (χ4n) is 2.11. The second-order valence-electron chi connectivity index (χ2n) is 4.50. The summed E-state index contributed by atoms with van der Waals surface area (Å²) in [5.74, 6) is 0. The molecule has 0 radical (unpaired) electrons. The van der Waals surface area contributed by atoms with Gasteiger partial charge < -0.3 is 14.5 Å². The van der Waals surface area contributed by atoms with Crippen LogP contribution in [-0.2, 0) is 22.4 Å². The molecular weight excluding hydrogens is 308 g/mol. The molecule has 5 nitrogen and oxygen atoms in total. The molecule has 7 heteroatoms. The number of hydrogen-bond acceptors (Lipinski definition) is 5. The second kappa shape index (κ2) is 7.31. The van der Waals surface area contributed by atoms with Crippen molar-refractivity contribution >= 4 is 33.8 Å². The van der Waals surface area contributed by atoms with Crippen molar-refractivity contribution in [3.63, 3.8) is 0 Å². The summed E-state index contributed by atoms with van der Waals surface area (Å²) in [5, 5.41) is 0.678. The maximum Gasteiger partial charge on any atom is 0.263 e. The van der Waals surface area contributed by atoms with Gasteiger partial charge in [-0.3, -0.25) is 9.36 Å². The molecule has 0 bridgehead atoms. The molecule has 2 heterocycles. The lowest BCUT2D eigenvalue weighted by molar-refractivity contribution is -0.144. The standard InChI is InChI=1S/C14H20N2O3S2/c1-4-9-7-10-12(21-9)15-14(20)16(13(10)17)8-11(18-5-2)19-6-3/h7,11H,4-6,8H2,1-3H3,(H,15,20). The molecule has 0 aromatic carbocycles. The molecule has 0 fully saturated rings. The van der Waals surface area contributed by atoms with Gasteiger partial charge in [-0.1, -0.05) is 6.92 Å². The monoisotopic (exact) mass is 328 g/mol. The first-order valence-electron chi connectivity index (χ1n) is 7.09. The van der Waals surface area contributed by atoms with Gasteiger partial charge in [0.15, 0.2) is 11.1 Å². The highest BCUT2D eigenvalue weighted by Gasteiger charge is 2.14. The van der Waals surface area contributed by atoms with Gasteiger partial charge in [-0.2, -0.15) is 0 Å². The lowest BCUT2D eigenvalue weighted by Gasteiger charge is -2.18. The Hall–Kier alpha value is -1.02. The Balaban J connectivity index is 2.43. The molecule has 1 N–H and O–H groups in total. The number of nitrogens with one attached hydrogen (secondary N) is 1. The van der Waals surface area contributed by atoms with Gasteiger partial charge in [-0.05, 0) is 38.6 Å². The average molecular weight is 328 g/mol. The van der Waals surface area contributed by atoms with Crippen molar-refractivity contribution in [3.8, 4) is 0 Å². The van der Waals surface area contributed by atoms with Crippen LogP contribution in [0.4, 0.5) is 0 Å². The van der Waals surface area contributed by atoms with Crippen LogP contribution in [0, 0.1) is 4.77 Å². The van der Waals surface area contributed by atoms with Crippen molar-refractivity contribution in [2.24, 2.45) is 0 Å². The summed E-state index contributed by atoms with van der Waals surface area (Å²) in [6, 6.07) is 1.93. The predicted molar refractivity (Wildman–Crippen MR) is 87.7 cm³/mol. The topological polar surface area (TPSA) is 56.2 Å². The number of fused-ring (bicyclic) bond motifs is 1. The van der Waals surface area contributed by atoms with Gasteiger partial charge in [0.1, 0.15) is 4.83 Å². The van der Waals surface area contributed by atoms with Gasteiger partial charge in [0.25, 0.3) is 5.56 Å². The third-order valence-corrected chi connectivity index (χ3v) is 4.63. The van der Waals surface area contributed by atoms with E-state index in [-0.39, 0.29) is 5.56 Å². The zero-order valence-corrected chi connectivity index (χ0v) is 14.1. The molecule has 0 saturated carbocycles. The summed E-state index contributed by atoms with van der Waals surface area (Å²) >= 11 is 6.88. The van der Waals surface area contributed by atoms with Crippen LogP contribution in [0.5, 0.6) is 0 Å². The Labute approximate surface area is 132 Å². The smallest absolute Gasteiger partial charge is 0.263 e. The molecule has 2 rings (SSSR count). The number of aromatic amines is 1. The summed E-state index contributed by atoms with van der Waals surface area (Å²) in [7, 11) is 0. The Kier molecular flexibility index (Phi) is 5.69. The number of H-pyrrole nitrogens is 1. The van der Waals surface area contributed by atoms with Crippen molar-refractivity contribution in [2.45, 2.75) is 40.0 Å². The Morgan fingerprint density at radius 3 is 2.57 bits per heavy atom. The van der Waals surface area contributed by atoms with Gasteiger partial charge in [-0.15, -0.1) is 11.3 Å². The largest absolute Gasteiger partial charge is 0.351 e. The third-order valence-electron chi connectivity index (χ3n) is 3.11. The van der Waals surface area contributed by atoms with E-state index in [2.05, 4.69) is 11.9 Å². The molecule has 0 aliphatic rings. The van der Waals surface area contributed by atoms with Crippen molar-refractivity contribution in [1.29, 1.82) is 0 Å². The van der Waals surface area contributed by atoms with Crippen LogP contribution in [0.25, 0.3) is 10.2 Å².